The first kappa shape index (κ1) is 25.1. The number of carboxylic acid groups (broad SMARTS) is 2. The Hall–Kier alpha value is -4.02. The number of nitrogens with one attached hydrogen (secondary N) is 2. The van der Waals surface area contributed by atoms with Crippen LogP contribution >= 0.6 is 23.9 Å². The van der Waals surface area contributed by atoms with Crippen LogP contribution in [0.25, 0.3) is 10.8 Å². The van der Waals surface area contributed by atoms with E-state index in [1.54, 1.807) is 12.1 Å². The Morgan fingerprint density at radius 2 is 1.08 bits per heavy atom. The molecule has 0 spiro atoms. The summed E-state index contributed by atoms with van der Waals surface area (Å²) in [6, 6.07) is 21.5. The van der Waals surface area contributed by atoms with Gasteiger partial charge in [-0.15, -0.1) is 0 Å². The standard InChI is InChI=1S/C26H22N2O6S2/c1-33-23-13-16(25(29)30)5-9-21(23)27-35-19-7-3-15-4-8-20(12-18(15)11-19)36-28-22-10-6-17(26(31)32)14-24(22)34-2/h3-14,27-28H,1-2H3,(H,29,30)(H,31,32). The van der Waals surface area contributed by atoms with Gasteiger partial charge in [0, 0.05) is 9.79 Å². The average Bonchev–Trinajstić information content (AvgIpc) is 2.89. The molecule has 0 aliphatic carbocycles. The fourth-order valence-electron chi connectivity index (χ4n) is 3.37. The van der Waals surface area contributed by atoms with Crippen molar-refractivity contribution in [1.82, 2.24) is 0 Å². The highest BCUT2D eigenvalue weighted by Crippen LogP contribution is 2.34. The summed E-state index contributed by atoms with van der Waals surface area (Å²) in [5, 5.41) is 20.5. The number of hydrogen-bond donors (Lipinski definition) is 4. The van der Waals surface area contributed by atoms with E-state index in [2.05, 4.69) is 21.6 Å². The Morgan fingerprint density at radius 1 is 0.639 bits per heavy atom. The summed E-state index contributed by atoms with van der Waals surface area (Å²) in [6.07, 6.45) is 0. The van der Waals surface area contributed by atoms with Gasteiger partial charge in [0.15, 0.2) is 0 Å². The maximum Gasteiger partial charge on any atom is 0.335 e. The van der Waals surface area contributed by atoms with Gasteiger partial charge in [0.1, 0.15) is 11.5 Å². The third-order valence-electron chi connectivity index (χ3n) is 5.24. The molecule has 0 heterocycles. The molecule has 4 rings (SSSR count). The first-order valence-electron chi connectivity index (χ1n) is 10.6. The van der Waals surface area contributed by atoms with Crippen molar-refractivity contribution in [3.8, 4) is 11.5 Å². The van der Waals surface area contributed by atoms with E-state index in [9.17, 15) is 19.8 Å². The monoisotopic (exact) mass is 522 g/mol. The number of carbonyl (C=O) groups is 2. The van der Waals surface area contributed by atoms with Crippen molar-refractivity contribution in [2.75, 3.05) is 23.7 Å². The van der Waals surface area contributed by atoms with Crippen LogP contribution in [0.5, 0.6) is 11.5 Å². The minimum absolute atomic E-state index is 0.155. The number of anilines is 2. The van der Waals surface area contributed by atoms with Crippen LogP contribution in [0.15, 0.2) is 82.6 Å². The highest BCUT2D eigenvalue weighted by atomic mass is 32.2. The van der Waals surface area contributed by atoms with Crippen molar-refractivity contribution < 1.29 is 29.3 Å². The minimum atomic E-state index is -1.01. The number of ether oxygens (including phenoxy) is 2. The number of hydrogen-bond acceptors (Lipinski definition) is 8. The lowest BCUT2D eigenvalue weighted by Crippen LogP contribution is -1.99. The van der Waals surface area contributed by atoms with Crippen LogP contribution in [0, 0.1) is 0 Å². The molecule has 0 bridgehead atoms. The zero-order valence-corrected chi connectivity index (χ0v) is 20.9. The highest BCUT2D eigenvalue weighted by molar-refractivity contribution is 8.00. The summed E-state index contributed by atoms with van der Waals surface area (Å²) >= 11 is 2.78. The van der Waals surface area contributed by atoms with E-state index in [4.69, 9.17) is 9.47 Å². The number of rotatable bonds is 10. The Balaban J connectivity index is 1.48. The Kier molecular flexibility index (Phi) is 7.77. The van der Waals surface area contributed by atoms with Gasteiger partial charge in [0.2, 0.25) is 0 Å². The first-order valence-corrected chi connectivity index (χ1v) is 12.2. The number of benzene rings is 4. The average molecular weight is 523 g/mol. The molecule has 0 aliphatic heterocycles. The molecule has 4 aromatic carbocycles. The topological polar surface area (TPSA) is 117 Å². The molecule has 0 saturated heterocycles. The molecule has 0 aliphatic rings. The van der Waals surface area contributed by atoms with E-state index in [0.29, 0.717) is 22.9 Å². The maximum atomic E-state index is 11.2. The molecule has 0 radical (unpaired) electrons. The summed E-state index contributed by atoms with van der Waals surface area (Å²) in [5.41, 5.74) is 1.65. The Labute approximate surface area is 215 Å². The lowest BCUT2D eigenvalue weighted by molar-refractivity contribution is 0.0686. The van der Waals surface area contributed by atoms with E-state index in [0.717, 1.165) is 20.6 Å². The van der Waals surface area contributed by atoms with E-state index in [-0.39, 0.29) is 11.1 Å². The molecule has 0 atom stereocenters. The zero-order valence-electron chi connectivity index (χ0n) is 19.3. The van der Waals surface area contributed by atoms with Crippen LogP contribution in [0.3, 0.4) is 0 Å². The van der Waals surface area contributed by atoms with E-state index in [1.165, 1.54) is 62.4 Å². The molecule has 10 heteroatoms. The number of methoxy groups -OCH3 is 2. The van der Waals surface area contributed by atoms with Crippen LogP contribution in [0.1, 0.15) is 20.7 Å². The molecule has 36 heavy (non-hydrogen) atoms. The number of fused-ring (bicyclic) bond motifs is 1. The van der Waals surface area contributed by atoms with Crippen molar-refractivity contribution in [2.24, 2.45) is 0 Å². The molecule has 0 fully saturated rings. The number of carboxylic acids is 2. The van der Waals surface area contributed by atoms with Crippen molar-refractivity contribution in [3.05, 3.63) is 83.9 Å². The number of aromatic carboxylic acids is 2. The minimum Gasteiger partial charge on any atom is -0.495 e. The Morgan fingerprint density at radius 3 is 1.47 bits per heavy atom. The molecular weight excluding hydrogens is 500 g/mol. The Bertz CT molecular complexity index is 1340. The van der Waals surface area contributed by atoms with Gasteiger partial charge in [0.05, 0.1) is 36.7 Å². The van der Waals surface area contributed by atoms with Gasteiger partial charge < -0.3 is 29.1 Å². The van der Waals surface area contributed by atoms with Gasteiger partial charge in [-0.05, 0) is 95.3 Å². The smallest absolute Gasteiger partial charge is 0.335 e. The molecular formula is C26H22N2O6S2. The van der Waals surface area contributed by atoms with Crippen molar-refractivity contribution >= 4 is 58.0 Å². The van der Waals surface area contributed by atoms with Gasteiger partial charge in [0.25, 0.3) is 0 Å². The fourth-order valence-corrected chi connectivity index (χ4v) is 4.81. The second kappa shape index (κ2) is 11.1. The maximum absolute atomic E-state index is 11.2. The summed E-state index contributed by atoms with van der Waals surface area (Å²) < 4.78 is 17.1. The fraction of sp³-hybridized carbons (Fsp3) is 0.0769. The summed E-state index contributed by atoms with van der Waals surface area (Å²) in [6.45, 7) is 0. The first-order chi connectivity index (χ1) is 17.4. The molecule has 4 aromatic rings. The van der Waals surface area contributed by atoms with Crippen LogP contribution in [0.2, 0.25) is 0 Å². The van der Waals surface area contributed by atoms with Crippen LogP contribution in [-0.2, 0) is 0 Å². The van der Waals surface area contributed by atoms with E-state index in [1.807, 2.05) is 24.3 Å². The van der Waals surface area contributed by atoms with Crippen molar-refractivity contribution in [2.45, 2.75) is 9.79 Å². The van der Waals surface area contributed by atoms with Gasteiger partial charge in [-0.2, -0.15) is 0 Å². The third-order valence-corrected chi connectivity index (χ3v) is 6.86. The highest BCUT2D eigenvalue weighted by Gasteiger charge is 2.11. The second-order valence-electron chi connectivity index (χ2n) is 7.52. The van der Waals surface area contributed by atoms with Crippen molar-refractivity contribution in [3.63, 3.8) is 0 Å². The molecule has 4 N–H and O–H groups in total. The summed E-state index contributed by atoms with van der Waals surface area (Å²) in [5.74, 6) is -1.14. The largest absolute Gasteiger partial charge is 0.495 e. The van der Waals surface area contributed by atoms with Crippen molar-refractivity contribution in [1.29, 1.82) is 0 Å². The van der Waals surface area contributed by atoms with Crippen LogP contribution in [0.4, 0.5) is 11.4 Å². The van der Waals surface area contributed by atoms with Gasteiger partial charge >= 0.3 is 11.9 Å². The molecule has 0 saturated carbocycles. The predicted molar refractivity (Wildman–Crippen MR) is 143 cm³/mol. The van der Waals surface area contributed by atoms with Gasteiger partial charge in [-0.1, -0.05) is 12.1 Å². The zero-order chi connectivity index (χ0) is 25.7. The molecule has 184 valence electrons. The SMILES string of the molecule is COc1cc(C(=O)O)ccc1NSc1ccc2ccc(SNc3ccc(C(=O)O)cc3OC)cc2c1. The summed E-state index contributed by atoms with van der Waals surface area (Å²) in [7, 11) is 2.99. The summed E-state index contributed by atoms with van der Waals surface area (Å²) in [4.78, 5) is 24.3. The molecule has 0 amide bonds. The quantitative estimate of drug-likeness (QED) is 0.172. The van der Waals surface area contributed by atoms with Gasteiger partial charge in [-0.25, -0.2) is 9.59 Å². The van der Waals surface area contributed by atoms with E-state index >= 15 is 0 Å². The van der Waals surface area contributed by atoms with Crippen LogP contribution < -0.4 is 18.9 Å². The lowest BCUT2D eigenvalue weighted by Gasteiger charge is -2.12. The van der Waals surface area contributed by atoms with E-state index < -0.39 is 11.9 Å². The molecule has 8 nitrogen and oxygen atoms in total. The molecule has 0 unspecified atom stereocenters. The van der Waals surface area contributed by atoms with Gasteiger partial charge in [-0.3, -0.25) is 0 Å². The van der Waals surface area contributed by atoms with Crippen LogP contribution in [-0.4, -0.2) is 36.4 Å². The third kappa shape index (κ3) is 5.78. The second-order valence-corrected chi connectivity index (χ2v) is 9.28. The normalized spacial score (nSPS) is 10.6. The lowest BCUT2D eigenvalue weighted by atomic mass is 10.1. The predicted octanol–water partition coefficient (Wildman–Crippen LogP) is 6.49. The molecule has 0 aromatic heterocycles.